The number of hydrogen-bond donors (Lipinski definition) is 0. The highest BCUT2D eigenvalue weighted by atomic mass is 16.6. The van der Waals surface area contributed by atoms with Crippen LogP contribution in [0.2, 0.25) is 0 Å². The zero-order valence-electron chi connectivity index (χ0n) is 53.3. The van der Waals surface area contributed by atoms with Crippen molar-refractivity contribution in [1.29, 1.82) is 0 Å². The van der Waals surface area contributed by atoms with Gasteiger partial charge in [0.1, 0.15) is 13.2 Å². The second-order valence-corrected chi connectivity index (χ2v) is 22.7. The van der Waals surface area contributed by atoms with Gasteiger partial charge in [-0.15, -0.1) is 0 Å². The van der Waals surface area contributed by atoms with Gasteiger partial charge in [-0.25, -0.2) is 0 Å². The van der Waals surface area contributed by atoms with Crippen LogP contribution in [-0.4, -0.2) is 37.2 Å². The fourth-order valence-corrected chi connectivity index (χ4v) is 9.68. The third-order valence-electron chi connectivity index (χ3n) is 14.8. The summed E-state index contributed by atoms with van der Waals surface area (Å²) in [5, 5.41) is 0. The van der Waals surface area contributed by atoms with E-state index in [-0.39, 0.29) is 37.5 Å². The molecule has 0 aromatic rings. The van der Waals surface area contributed by atoms with Gasteiger partial charge in [-0.2, -0.15) is 0 Å². The van der Waals surface area contributed by atoms with Crippen molar-refractivity contribution >= 4 is 17.9 Å². The summed E-state index contributed by atoms with van der Waals surface area (Å²) >= 11 is 0. The Labute approximate surface area is 501 Å². The van der Waals surface area contributed by atoms with Gasteiger partial charge < -0.3 is 14.2 Å². The molecule has 0 saturated heterocycles. The van der Waals surface area contributed by atoms with Crippen LogP contribution in [0.15, 0.2) is 109 Å². The Bertz CT molecular complexity index is 1620. The lowest BCUT2D eigenvalue weighted by atomic mass is 10.0. The zero-order chi connectivity index (χ0) is 58.5. The molecule has 0 amide bonds. The molecular weight excluding hydrogens is 997 g/mol. The molecule has 0 aromatic heterocycles. The van der Waals surface area contributed by atoms with Gasteiger partial charge >= 0.3 is 17.9 Å². The normalized spacial score (nSPS) is 12.8. The fourth-order valence-electron chi connectivity index (χ4n) is 9.68. The number of ether oxygens (including phenoxy) is 3. The summed E-state index contributed by atoms with van der Waals surface area (Å²) in [4.78, 5) is 38.3. The van der Waals surface area contributed by atoms with E-state index in [0.29, 0.717) is 19.3 Å². The van der Waals surface area contributed by atoms with E-state index in [1.807, 2.05) is 6.08 Å². The number of hydrogen-bond acceptors (Lipinski definition) is 6. The molecule has 0 fully saturated rings. The average Bonchev–Trinajstić information content (AvgIpc) is 3.46. The van der Waals surface area contributed by atoms with E-state index in [1.54, 1.807) is 0 Å². The first kappa shape index (κ1) is 77.1. The van der Waals surface area contributed by atoms with E-state index in [9.17, 15) is 14.4 Å². The Morgan fingerprint density at radius 3 is 0.840 bits per heavy atom. The molecule has 0 heterocycles. The minimum absolute atomic E-state index is 0.0994. The molecule has 0 aliphatic heterocycles. The van der Waals surface area contributed by atoms with Crippen LogP contribution in [0.1, 0.15) is 329 Å². The molecule has 0 aliphatic carbocycles. The van der Waals surface area contributed by atoms with Crippen LogP contribution in [0.3, 0.4) is 0 Å². The van der Waals surface area contributed by atoms with Crippen molar-refractivity contribution in [3.8, 4) is 0 Å². The van der Waals surface area contributed by atoms with E-state index >= 15 is 0 Å². The molecule has 0 saturated carbocycles. The lowest BCUT2D eigenvalue weighted by Crippen LogP contribution is -2.30. The topological polar surface area (TPSA) is 78.9 Å². The third kappa shape index (κ3) is 66.8. The first-order chi connectivity index (χ1) is 40.0. The predicted molar refractivity (Wildman–Crippen MR) is 353 cm³/mol. The summed E-state index contributed by atoms with van der Waals surface area (Å²) in [6, 6.07) is 0. The second-order valence-electron chi connectivity index (χ2n) is 22.7. The van der Waals surface area contributed by atoms with Crippen LogP contribution in [0.4, 0.5) is 0 Å². The van der Waals surface area contributed by atoms with E-state index < -0.39 is 6.10 Å². The fraction of sp³-hybridized carbons (Fsp3) is 0.720. The standard InChI is InChI=1S/C75H128O6/c1-4-7-10-13-16-19-22-25-27-29-31-33-35-36-37-38-40-41-43-45-47-50-53-56-59-62-65-68-74(77)80-71-72(70-79-73(76)67-64-61-58-55-52-49-24-21-18-15-12-9-6-3)81-75(78)69-66-63-60-57-54-51-48-46-44-42-39-34-32-30-28-26-23-20-17-14-11-8-5-2/h7,9-10,12,16,18-19,21,25,27,30-33,49,52,58,61,72H,4-6,8,11,13-15,17,20,22-24,26,28-29,34-48,50-51,53-57,59-60,62-71H2,1-3H3/b10-7-,12-9-,19-16-,21-18-,27-25-,32-30-,33-31-,52-49-,61-58-. The van der Waals surface area contributed by atoms with E-state index in [0.717, 1.165) is 89.9 Å². The minimum atomic E-state index is -0.809. The highest BCUT2D eigenvalue weighted by molar-refractivity contribution is 5.71. The minimum Gasteiger partial charge on any atom is -0.462 e. The number of esters is 3. The maximum Gasteiger partial charge on any atom is 0.306 e. The molecule has 464 valence electrons. The Balaban J connectivity index is 4.30. The van der Waals surface area contributed by atoms with Gasteiger partial charge in [0.25, 0.3) is 0 Å². The van der Waals surface area contributed by atoms with Gasteiger partial charge in [0.15, 0.2) is 6.10 Å². The van der Waals surface area contributed by atoms with E-state index in [2.05, 4.69) is 124 Å². The smallest absolute Gasteiger partial charge is 0.306 e. The average molecular weight is 1130 g/mol. The lowest BCUT2D eigenvalue weighted by molar-refractivity contribution is -0.166. The number of allylic oxidation sites excluding steroid dienone is 18. The van der Waals surface area contributed by atoms with Gasteiger partial charge in [0, 0.05) is 19.3 Å². The van der Waals surface area contributed by atoms with E-state index in [4.69, 9.17) is 14.2 Å². The molecule has 81 heavy (non-hydrogen) atoms. The Hall–Kier alpha value is -3.93. The molecule has 1 atom stereocenters. The molecular formula is C75H128O6. The molecule has 0 N–H and O–H groups in total. The zero-order valence-corrected chi connectivity index (χ0v) is 53.3. The van der Waals surface area contributed by atoms with Gasteiger partial charge in [0.2, 0.25) is 0 Å². The molecule has 1 unspecified atom stereocenters. The quantitative estimate of drug-likeness (QED) is 0.0261. The van der Waals surface area contributed by atoms with Crippen molar-refractivity contribution < 1.29 is 28.6 Å². The number of carbonyl (C=O) groups is 3. The summed E-state index contributed by atoms with van der Waals surface area (Å²) < 4.78 is 16.9. The second kappa shape index (κ2) is 68.6. The molecule has 6 nitrogen and oxygen atoms in total. The summed E-state index contributed by atoms with van der Waals surface area (Å²) in [6.07, 6.45) is 94.2. The molecule has 0 radical (unpaired) electrons. The highest BCUT2D eigenvalue weighted by Crippen LogP contribution is 2.17. The van der Waals surface area contributed by atoms with Gasteiger partial charge in [-0.1, -0.05) is 310 Å². The molecule has 0 aliphatic rings. The van der Waals surface area contributed by atoms with Crippen LogP contribution >= 0.6 is 0 Å². The largest absolute Gasteiger partial charge is 0.462 e. The van der Waals surface area contributed by atoms with Crippen LogP contribution in [0.5, 0.6) is 0 Å². The number of unbranched alkanes of at least 4 members (excludes halogenated alkanes) is 33. The summed E-state index contributed by atoms with van der Waals surface area (Å²) in [6.45, 7) is 6.38. The number of rotatable bonds is 62. The summed E-state index contributed by atoms with van der Waals surface area (Å²) in [5.41, 5.74) is 0. The van der Waals surface area contributed by atoms with Crippen molar-refractivity contribution in [3.63, 3.8) is 0 Å². The molecule has 6 heteroatoms. The Morgan fingerprint density at radius 2 is 0.506 bits per heavy atom. The van der Waals surface area contributed by atoms with Crippen molar-refractivity contribution in [2.24, 2.45) is 0 Å². The highest BCUT2D eigenvalue weighted by Gasteiger charge is 2.19. The van der Waals surface area contributed by atoms with Crippen LogP contribution in [0, 0.1) is 0 Å². The monoisotopic (exact) mass is 1120 g/mol. The maximum absolute atomic E-state index is 12.9. The molecule has 0 bridgehead atoms. The van der Waals surface area contributed by atoms with Crippen molar-refractivity contribution in [1.82, 2.24) is 0 Å². The molecule has 0 aromatic carbocycles. The molecule has 0 spiro atoms. The SMILES string of the molecule is CC/C=C\C/C=C\C/C=C\C/C=C\CCCCCCCCCCCCCCCCC(=O)OCC(COC(=O)CC/C=C\C/C=C\C/C=C\C/C=C\CC)OC(=O)CCCCCCCCCCCCC/C=C\CCCCCCCCCC. The lowest BCUT2D eigenvalue weighted by Gasteiger charge is -2.18. The third-order valence-corrected chi connectivity index (χ3v) is 14.8. The molecule has 0 rings (SSSR count). The van der Waals surface area contributed by atoms with Crippen LogP contribution < -0.4 is 0 Å². The Kier molecular flexibility index (Phi) is 65.2. The van der Waals surface area contributed by atoms with Crippen LogP contribution in [-0.2, 0) is 28.6 Å². The maximum atomic E-state index is 12.9. The van der Waals surface area contributed by atoms with Crippen LogP contribution in [0.25, 0.3) is 0 Å². The first-order valence-corrected chi connectivity index (χ1v) is 34.4. The van der Waals surface area contributed by atoms with Crippen molar-refractivity contribution in [3.05, 3.63) is 109 Å². The van der Waals surface area contributed by atoms with E-state index in [1.165, 1.54) is 193 Å². The number of carbonyl (C=O) groups excluding carboxylic acids is 3. The van der Waals surface area contributed by atoms with Gasteiger partial charge in [0.05, 0.1) is 0 Å². The predicted octanol–water partition coefficient (Wildman–Crippen LogP) is 23.8. The summed E-state index contributed by atoms with van der Waals surface area (Å²) in [5.74, 6) is -0.974. The summed E-state index contributed by atoms with van der Waals surface area (Å²) in [7, 11) is 0. The van der Waals surface area contributed by atoms with Gasteiger partial charge in [-0.3, -0.25) is 14.4 Å². The van der Waals surface area contributed by atoms with Crippen molar-refractivity contribution in [2.45, 2.75) is 335 Å². The first-order valence-electron chi connectivity index (χ1n) is 34.4. The van der Waals surface area contributed by atoms with Crippen molar-refractivity contribution in [2.75, 3.05) is 13.2 Å². The Morgan fingerprint density at radius 1 is 0.259 bits per heavy atom. The van der Waals surface area contributed by atoms with Gasteiger partial charge in [-0.05, 0) is 109 Å².